The van der Waals surface area contributed by atoms with Crippen LogP contribution in [0.25, 0.3) is 98.4 Å². The third kappa shape index (κ3) is 4.93. The summed E-state index contributed by atoms with van der Waals surface area (Å²) in [6, 6.07) is 66.7. The zero-order chi connectivity index (χ0) is 34.8. The van der Waals surface area contributed by atoms with Gasteiger partial charge in [0.25, 0.3) is 0 Å². The summed E-state index contributed by atoms with van der Waals surface area (Å²) in [6.45, 7) is 0. The first-order valence-electron chi connectivity index (χ1n) is 17.6. The summed E-state index contributed by atoms with van der Waals surface area (Å²) in [7, 11) is 0. The van der Waals surface area contributed by atoms with Crippen LogP contribution in [0.2, 0.25) is 0 Å². The topological polar surface area (TPSA) is 0 Å². The van der Waals surface area contributed by atoms with Crippen LogP contribution in [-0.4, -0.2) is 0 Å². The summed E-state index contributed by atoms with van der Waals surface area (Å²) < 4.78 is 2.23. The summed E-state index contributed by atoms with van der Waals surface area (Å²) >= 11 is 7.56. The molecule has 0 radical (unpaired) electrons. The van der Waals surface area contributed by atoms with E-state index in [4.69, 9.17) is 0 Å². The van der Waals surface area contributed by atoms with E-state index in [0.717, 1.165) is 8.95 Å². The number of fused-ring (bicyclic) bond motifs is 5. The Bertz CT molecular complexity index is 2840. The Balaban J connectivity index is 1.16. The molecule has 10 rings (SSSR count). The fourth-order valence-corrected chi connectivity index (χ4v) is 9.26. The standard InChI is InChI=1S/C50H30Br2/c51-49-29-27-45(37-17-7-9-19-47(37)49)43-25-23-41(33-13-3-5-15-35(33)43)39-21-22-40(32-12-2-1-11-31(32)39)42-24-26-44(36-16-6-4-14-34(36)42)46-28-30-50(52)48-20-10-8-18-38(46)48/h1-30H. The fraction of sp³-hybridized carbons (Fsp3) is 0. The fourth-order valence-electron chi connectivity index (χ4n) is 8.30. The third-order valence-electron chi connectivity index (χ3n) is 10.7. The molecule has 0 aromatic heterocycles. The summed E-state index contributed by atoms with van der Waals surface area (Å²) in [5, 5.41) is 12.4. The third-order valence-corrected chi connectivity index (χ3v) is 12.1. The van der Waals surface area contributed by atoms with Crippen molar-refractivity contribution in [2.24, 2.45) is 0 Å². The number of rotatable bonds is 4. The van der Waals surface area contributed by atoms with Crippen molar-refractivity contribution < 1.29 is 0 Å². The predicted octanol–water partition coefficient (Wildman–Crippen LogP) is 15.6. The van der Waals surface area contributed by atoms with E-state index in [2.05, 4.69) is 214 Å². The van der Waals surface area contributed by atoms with E-state index < -0.39 is 0 Å². The van der Waals surface area contributed by atoms with Gasteiger partial charge in [0, 0.05) is 8.95 Å². The molecule has 0 atom stereocenters. The zero-order valence-electron chi connectivity index (χ0n) is 28.1. The Morgan fingerprint density at radius 1 is 0.173 bits per heavy atom. The Hall–Kier alpha value is -5.54. The van der Waals surface area contributed by atoms with Crippen molar-refractivity contribution in [2.45, 2.75) is 0 Å². The molecule has 0 nitrogen and oxygen atoms in total. The first kappa shape index (κ1) is 31.2. The molecular weight excluding hydrogens is 760 g/mol. The summed E-state index contributed by atoms with van der Waals surface area (Å²) in [4.78, 5) is 0. The lowest BCUT2D eigenvalue weighted by Gasteiger charge is -2.18. The van der Waals surface area contributed by atoms with Gasteiger partial charge in [0.2, 0.25) is 0 Å². The van der Waals surface area contributed by atoms with Crippen LogP contribution < -0.4 is 0 Å². The summed E-state index contributed by atoms with van der Waals surface area (Å²) in [6.07, 6.45) is 0. The molecular formula is C50H30Br2. The molecule has 0 aliphatic heterocycles. The van der Waals surface area contributed by atoms with E-state index in [1.807, 2.05) is 0 Å². The minimum Gasteiger partial charge on any atom is -0.0616 e. The highest BCUT2D eigenvalue weighted by molar-refractivity contribution is 9.11. The maximum Gasteiger partial charge on any atom is 0.0254 e. The van der Waals surface area contributed by atoms with Crippen LogP contribution in [0.3, 0.4) is 0 Å². The number of benzene rings is 10. The van der Waals surface area contributed by atoms with E-state index in [9.17, 15) is 0 Å². The first-order chi connectivity index (χ1) is 25.7. The van der Waals surface area contributed by atoms with Gasteiger partial charge in [-0.25, -0.2) is 0 Å². The van der Waals surface area contributed by atoms with Gasteiger partial charge in [-0.05, 0) is 111 Å². The molecule has 0 saturated carbocycles. The lowest BCUT2D eigenvalue weighted by Crippen LogP contribution is -1.91. The Labute approximate surface area is 319 Å². The number of hydrogen-bond acceptors (Lipinski definition) is 0. The molecule has 0 spiro atoms. The summed E-state index contributed by atoms with van der Waals surface area (Å²) in [5.74, 6) is 0. The lowest BCUT2D eigenvalue weighted by molar-refractivity contribution is 1.64. The van der Waals surface area contributed by atoms with E-state index in [1.165, 1.54) is 98.4 Å². The smallest absolute Gasteiger partial charge is 0.0254 e. The minimum atomic E-state index is 1.11. The Morgan fingerprint density at radius 2 is 0.327 bits per heavy atom. The van der Waals surface area contributed by atoms with Crippen LogP contribution in [0.4, 0.5) is 0 Å². The van der Waals surface area contributed by atoms with Crippen molar-refractivity contribution in [3.8, 4) is 44.5 Å². The van der Waals surface area contributed by atoms with Crippen molar-refractivity contribution >= 4 is 85.7 Å². The van der Waals surface area contributed by atoms with Crippen LogP contribution >= 0.6 is 31.9 Å². The molecule has 0 fully saturated rings. The van der Waals surface area contributed by atoms with Gasteiger partial charge in [-0.2, -0.15) is 0 Å². The SMILES string of the molecule is Brc1ccc(-c2ccc(-c3ccc(-c4ccc(-c5ccc(Br)c6ccccc56)c5ccccc45)c4ccccc34)c3ccccc23)c2ccccc12. The van der Waals surface area contributed by atoms with Crippen molar-refractivity contribution in [3.63, 3.8) is 0 Å². The molecule has 0 saturated heterocycles. The normalized spacial score (nSPS) is 11.7. The molecule has 0 bridgehead atoms. The van der Waals surface area contributed by atoms with Crippen molar-refractivity contribution in [3.05, 3.63) is 191 Å². The Morgan fingerprint density at radius 3 is 0.538 bits per heavy atom. The van der Waals surface area contributed by atoms with E-state index in [0.29, 0.717) is 0 Å². The van der Waals surface area contributed by atoms with Crippen LogP contribution in [-0.2, 0) is 0 Å². The van der Waals surface area contributed by atoms with Crippen LogP contribution in [0.1, 0.15) is 0 Å². The van der Waals surface area contributed by atoms with Gasteiger partial charge in [0.15, 0.2) is 0 Å². The maximum absolute atomic E-state index is 3.78. The summed E-state index contributed by atoms with van der Waals surface area (Å²) in [5.41, 5.74) is 9.94. The molecule has 0 heterocycles. The second-order valence-electron chi connectivity index (χ2n) is 13.4. The lowest BCUT2D eigenvalue weighted by atomic mass is 9.85. The van der Waals surface area contributed by atoms with E-state index >= 15 is 0 Å². The van der Waals surface area contributed by atoms with Gasteiger partial charge in [-0.15, -0.1) is 0 Å². The van der Waals surface area contributed by atoms with Crippen LogP contribution in [0, 0.1) is 0 Å². The molecule has 244 valence electrons. The van der Waals surface area contributed by atoms with Gasteiger partial charge in [0.05, 0.1) is 0 Å². The molecule has 52 heavy (non-hydrogen) atoms. The first-order valence-corrected chi connectivity index (χ1v) is 19.2. The molecule has 10 aromatic carbocycles. The van der Waals surface area contributed by atoms with Crippen LogP contribution in [0.15, 0.2) is 191 Å². The molecule has 0 amide bonds. The van der Waals surface area contributed by atoms with E-state index in [-0.39, 0.29) is 0 Å². The molecule has 0 unspecified atom stereocenters. The van der Waals surface area contributed by atoms with Gasteiger partial charge in [-0.3, -0.25) is 0 Å². The quantitative estimate of drug-likeness (QED) is 0.167. The van der Waals surface area contributed by atoms with Crippen LogP contribution in [0.5, 0.6) is 0 Å². The monoisotopic (exact) mass is 788 g/mol. The second kappa shape index (κ2) is 12.6. The van der Waals surface area contributed by atoms with Crippen molar-refractivity contribution in [1.29, 1.82) is 0 Å². The van der Waals surface area contributed by atoms with Gasteiger partial charge in [0.1, 0.15) is 0 Å². The van der Waals surface area contributed by atoms with Crippen molar-refractivity contribution in [2.75, 3.05) is 0 Å². The van der Waals surface area contributed by atoms with Gasteiger partial charge < -0.3 is 0 Å². The van der Waals surface area contributed by atoms with Gasteiger partial charge >= 0.3 is 0 Å². The Kier molecular flexibility index (Phi) is 7.56. The number of halogens is 2. The van der Waals surface area contributed by atoms with Crippen molar-refractivity contribution in [1.82, 2.24) is 0 Å². The number of hydrogen-bond donors (Lipinski definition) is 0. The second-order valence-corrected chi connectivity index (χ2v) is 15.1. The molecule has 2 heteroatoms. The average Bonchev–Trinajstić information content (AvgIpc) is 3.21. The van der Waals surface area contributed by atoms with Gasteiger partial charge in [-0.1, -0.05) is 202 Å². The average molecular weight is 791 g/mol. The largest absolute Gasteiger partial charge is 0.0616 e. The maximum atomic E-state index is 3.78. The molecule has 0 aliphatic rings. The highest BCUT2D eigenvalue weighted by Crippen LogP contribution is 2.45. The minimum absolute atomic E-state index is 1.11. The zero-order valence-corrected chi connectivity index (χ0v) is 31.2. The molecule has 0 aliphatic carbocycles. The highest BCUT2D eigenvalue weighted by Gasteiger charge is 2.18. The molecule has 0 N–H and O–H groups in total. The molecule has 10 aromatic rings. The van der Waals surface area contributed by atoms with E-state index in [1.54, 1.807) is 0 Å². The highest BCUT2D eigenvalue weighted by atomic mass is 79.9. The predicted molar refractivity (Wildman–Crippen MR) is 231 cm³/mol.